The predicted molar refractivity (Wildman–Crippen MR) is 49.1 cm³/mol. The van der Waals surface area contributed by atoms with E-state index in [1.165, 1.54) is 4.88 Å². The molecule has 0 atom stereocenters. The molecule has 0 spiro atoms. The Labute approximate surface area is 70.3 Å². The Bertz CT molecular complexity index is 207. The summed E-state index contributed by atoms with van der Waals surface area (Å²) in [6.45, 7) is 0. The van der Waals surface area contributed by atoms with Gasteiger partial charge in [0.25, 0.3) is 0 Å². The number of thiol groups is 1. The molecule has 0 radical (unpaired) electrons. The second-order valence-corrected chi connectivity index (χ2v) is 3.57. The molecule has 0 saturated heterocycles. The topological polar surface area (TPSA) is 16.1 Å². The van der Waals surface area contributed by atoms with E-state index < -0.39 is 0 Å². The zero-order chi connectivity index (χ0) is 7.56. The van der Waals surface area contributed by atoms with Gasteiger partial charge < -0.3 is 4.90 Å². The van der Waals surface area contributed by atoms with Crippen LogP contribution >= 0.6 is 24.0 Å². The Morgan fingerprint density at radius 2 is 2.40 bits per heavy atom. The minimum atomic E-state index is 0.783. The fourth-order valence-electron chi connectivity index (χ4n) is 0.577. The summed E-state index contributed by atoms with van der Waals surface area (Å²) in [5.41, 5.74) is 0. The monoisotopic (exact) mass is 174 g/mol. The molecule has 0 aliphatic carbocycles. The second-order valence-electron chi connectivity index (χ2n) is 2.16. The number of rotatable bonds is 2. The number of anilines is 1. The van der Waals surface area contributed by atoms with Gasteiger partial charge in [-0.1, -0.05) is 0 Å². The molecule has 0 amide bonds. The van der Waals surface area contributed by atoms with E-state index in [9.17, 15) is 0 Å². The van der Waals surface area contributed by atoms with Gasteiger partial charge in [0.1, 0.15) is 0 Å². The van der Waals surface area contributed by atoms with E-state index >= 15 is 0 Å². The summed E-state index contributed by atoms with van der Waals surface area (Å²) in [6, 6.07) is 0. The molecule has 0 bridgehead atoms. The lowest BCUT2D eigenvalue weighted by atomic mass is 10.6. The maximum Gasteiger partial charge on any atom is 0.184 e. The first-order valence-corrected chi connectivity index (χ1v) is 4.42. The largest absolute Gasteiger partial charge is 0.354 e. The van der Waals surface area contributed by atoms with E-state index in [1.54, 1.807) is 11.3 Å². The van der Waals surface area contributed by atoms with Gasteiger partial charge in [-0.2, -0.15) is 12.6 Å². The summed E-state index contributed by atoms with van der Waals surface area (Å²) in [4.78, 5) is 7.39. The minimum Gasteiger partial charge on any atom is -0.354 e. The molecule has 10 heavy (non-hydrogen) atoms. The fourth-order valence-corrected chi connectivity index (χ4v) is 1.54. The van der Waals surface area contributed by atoms with E-state index in [2.05, 4.69) is 17.6 Å². The average molecular weight is 174 g/mol. The van der Waals surface area contributed by atoms with Crippen molar-refractivity contribution < 1.29 is 0 Å². The van der Waals surface area contributed by atoms with E-state index in [0.29, 0.717) is 0 Å². The lowest BCUT2D eigenvalue weighted by Gasteiger charge is -2.04. The number of aromatic nitrogens is 1. The molecule has 0 N–H and O–H groups in total. The van der Waals surface area contributed by atoms with Crippen LogP contribution in [0.15, 0.2) is 6.20 Å². The summed E-state index contributed by atoms with van der Waals surface area (Å²) in [7, 11) is 3.97. The molecule has 0 saturated carbocycles. The van der Waals surface area contributed by atoms with Crippen LogP contribution in [0.4, 0.5) is 5.13 Å². The Kier molecular flexibility index (Phi) is 2.56. The van der Waals surface area contributed by atoms with Crippen molar-refractivity contribution in [2.75, 3.05) is 19.0 Å². The van der Waals surface area contributed by atoms with E-state index in [4.69, 9.17) is 0 Å². The van der Waals surface area contributed by atoms with Gasteiger partial charge in [-0.05, 0) is 0 Å². The highest BCUT2D eigenvalue weighted by Crippen LogP contribution is 2.20. The Hall–Kier alpha value is -0.220. The smallest absolute Gasteiger partial charge is 0.184 e. The quantitative estimate of drug-likeness (QED) is 0.686. The van der Waals surface area contributed by atoms with Gasteiger partial charge in [-0.25, -0.2) is 4.98 Å². The van der Waals surface area contributed by atoms with E-state index in [0.717, 1.165) is 10.9 Å². The third-order valence-electron chi connectivity index (χ3n) is 1.08. The van der Waals surface area contributed by atoms with Crippen LogP contribution in [-0.4, -0.2) is 19.1 Å². The molecule has 0 aliphatic heterocycles. The maximum absolute atomic E-state index is 4.18. The van der Waals surface area contributed by atoms with Crippen molar-refractivity contribution >= 4 is 29.1 Å². The molecule has 1 rings (SSSR count). The number of nitrogens with zero attached hydrogens (tertiary/aromatic N) is 2. The molecule has 0 aromatic carbocycles. The highest BCUT2D eigenvalue weighted by Gasteiger charge is 2.00. The van der Waals surface area contributed by atoms with Gasteiger partial charge in [0.2, 0.25) is 0 Å². The normalized spacial score (nSPS) is 9.90. The van der Waals surface area contributed by atoms with Gasteiger partial charge in [0.05, 0.1) is 0 Å². The molecule has 0 aliphatic rings. The van der Waals surface area contributed by atoms with Crippen LogP contribution in [0.3, 0.4) is 0 Å². The van der Waals surface area contributed by atoms with Crippen molar-refractivity contribution in [2.24, 2.45) is 0 Å². The first-order valence-electron chi connectivity index (χ1n) is 2.97. The lowest BCUT2D eigenvalue weighted by molar-refractivity contribution is 1.10. The van der Waals surface area contributed by atoms with Crippen molar-refractivity contribution in [1.82, 2.24) is 4.98 Å². The summed E-state index contributed by atoms with van der Waals surface area (Å²) >= 11 is 5.82. The van der Waals surface area contributed by atoms with Crippen LogP contribution in [0.25, 0.3) is 0 Å². The van der Waals surface area contributed by atoms with Gasteiger partial charge >= 0.3 is 0 Å². The molecule has 0 unspecified atom stereocenters. The SMILES string of the molecule is CN(C)c1ncc(CS)s1. The van der Waals surface area contributed by atoms with Gasteiger partial charge in [-0.15, -0.1) is 11.3 Å². The standard InChI is InChI=1S/C6H10N2S2/c1-8(2)6-7-3-5(4-9)10-6/h3,9H,4H2,1-2H3. The lowest BCUT2D eigenvalue weighted by Crippen LogP contribution is -2.07. The van der Waals surface area contributed by atoms with Crippen LogP contribution in [0.1, 0.15) is 4.88 Å². The van der Waals surface area contributed by atoms with Crippen molar-refractivity contribution in [3.05, 3.63) is 11.1 Å². The van der Waals surface area contributed by atoms with Crippen molar-refractivity contribution in [1.29, 1.82) is 0 Å². The zero-order valence-corrected chi connectivity index (χ0v) is 7.75. The van der Waals surface area contributed by atoms with Gasteiger partial charge in [-0.3, -0.25) is 0 Å². The first-order chi connectivity index (χ1) is 4.74. The summed E-state index contributed by atoms with van der Waals surface area (Å²) in [5.74, 6) is 0.783. The molecule has 1 aromatic rings. The van der Waals surface area contributed by atoms with Crippen LogP contribution in [-0.2, 0) is 5.75 Å². The average Bonchev–Trinajstić information content (AvgIpc) is 2.34. The summed E-state index contributed by atoms with van der Waals surface area (Å²) in [5, 5.41) is 1.05. The van der Waals surface area contributed by atoms with Gasteiger partial charge in [0.15, 0.2) is 5.13 Å². The minimum absolute atomic E-state index is 0.783. The van der Waals surface area contributed by atoms with Crippen LogP contribution in [0.2, 0.25) is 0 Å². The second kappa shape index (κ2) is 3.25. The Morgan fingerprint density at radius 1 is 1.70 bits per heavy atom. The maximum atomic E-state index is 4.18. The Morgan fingerprint density at radius 3 is 2.70 bits per heavy atom. The highest BCUT2D eigenvalue weighted by atomic mass is 32.1. The highest BCUT2D eigenvalue weighted by molar-refractivity contribution is 7.79. The van der Waals surface area contributed by atoms with Crippen LogP contribution in [0.5, 0.6) is 0 Å². The molecule has 4 heteroatoms. The molecule has 0 fully saturated rings. The van der Waals surface area contributed by atoms with Crippen molar-refractivity contribution in [3.8, 4) is 0 Å². The molecular formula is C6H10N2S2. The molecule has 1 heterocycles. The third kappa shape index (κ3) is 1.64. The van der Waals surface area contributed by atoms with E-state index in [-0.39, 0.29) is 0 Å². The first kappa shape index (κ1) is 7.88. The molecule has 2 nitrogen and oxygen atoms in total. The Balaban J connectivity index is 2.78. The van der Waals surface area contributed by atoms with E-state index in [1.807, 2.05) is 25.2 Å². The molecule has 1 aromatic heterocycles. The summed E-state index contributed by atoms with van der Waals surface area (Å²) < 4.78 is 0. The third-order valence-corrected chi connectivity index (χ3v) is 2.80. The molecule has 56 valence electrons. The van der Waals surface area contributed by atoms with Gasteiger partial charge in [0, 0.05) is 30.9 Å². The van der Waals surface area contributed by atoms with Crippen LogP contribution in [0, 0.1) is 0 Å². The fraction of sp³-hybridized carbons (Fsp3) is 0.500. The number of hydrogen-bond donors (Lipinski definition) is 1. The molecular weight excluding hydrogens is 164 g/mol. The van der Waals surface area contributed by atoms with Crippen LogP contribution < -0.4 is 4.90 Å². The number of hydrogen-bond acceptors (Lipinski definition) is 4. The summed E-state index contributed by atoms with van der Waals surface area (Å²) in [6.07, 6.45) is 1.87. The zero-order valence-electron chi connectivity index (χ0n) is 6.03. The van der Waals surface area contributed by atoms with Crippen molar-refractivity contribution in [2.45, 2.75) is 5.75 Å². The predicted octanol–water partition coefficient (Wildman–Crippen LogP) is 1.64. The number of thiazole rings is 1. The van der Waals surface area contributed by atoms with Crippen molar-refractivity contribution in [3.63, 3.8) is 0 Å².